The smallest absolute Gasteiger partial charge is 0.296 e. The molecule has 2 heterocycles. The quantitative estimate of drug-likeness (QED) is 0.621. The molecule has 4 aromatic rings. The van der Waals surface area contributed by atoms with Crippen LogP contribution in [0.15, 0.2) is 76.3 Å². The number of aromatic amines is 1. The predicted molar refractivity (Wildman–Crippen MR) is 92.8 cm³/mol. The number of nitrogens with zero attached hydrogens (tertiary/aromatic N) is 3. The van der Waals surface area contributed by atoms with Gasteiger partial charge < -0.3 is 0 Å². The molecule has 6 nitrogen and oxygen atoms in total. The number of hydrogen-bond donors (Lipinski definition) is 1. The van der Waals surface area contributed by atoms with Crippen molar-refractivity contribution in [2.24, 2.45) is 0 Å². The van der Waals surface area contributed by atoms with Crippen LogP contribution in [0.25, 0.3) is 22.6 Å². The Balaban J connectivity index is 1.62. The molecule has 4 rings (SSSR count). The molecule has 0 spiro atoms. The van der Waals surface area contributed by atoms with Crippen LogP contribution in [0.5, 0.6) is 0 Å². The maximum Gasteiger partial charge on any atom is 0.439 e. The van der Waals surface area contributed by atoms with Gasteiger partial charge in [-0.15, -0.1) is 0 Å². The fourth-order valence-corrected chi connectivity index (χ4v) is 2.66. The Bertz CT molecular complexity index is 1040. The van der Waals surface area contributed by atoms with E-state index < -0.39 is 5.76 Å². The van der Waals surface area contributed by atoms with Crippen LogP contribution in [0.4, 0.5) is 0 Å². The Hall–Kier alpha value is -3.54. The molecular weight excluding hydrogens is 316 g/mol. The van der Waals surface area contributed by atoms with Gasteiger partial charge in [0.1, 0.15) is 5.69 Å². The van der Waals surface area contributed by atoms with Gasteiger partial charge >= 0.3 is 5.76 Å². The fourth-order valence-electron chi connectivity index (χ4n) is 2.66. The topological polar surface area (TPSA) is 84.7 Å². The molecule has 0 unspecified atom stereocenters. The van der Waals surface area contributed by atoms with Gasteiger partial charge in [-0.3, -0.25) is 14.5 Å². The second-order valence-corrected chi connectivity index (χ2v) is 5.54. The van der Waals surface area contributed by atoms with E-state index in [0.717, 1.165) is 16.8 Å². The Morgan fingerprint density at radius 3 is 2.32 bits per heavy atom. The standard InChI is InChI=1S/C19H14N4O2/c24-19-22-18(23-25-19)17-16(20-10-11-21-17)12-13-6-8-15(9-7-13)14-4-2-1-3-5-14/h1-11H,12H2,(H,22,23,24). The highest BCUT2D eigenvalue weighted by Gasteiger charge is 2.13. The first kappa shape index (κ1) is 15.0. The van der Waals surface area contributed by atoms with Gasteiger partial charge in [0.15, 0.2) is 0 Å². The van der Waals surface area contributed by atoms with Gasteiger partial charge in [-0.2, -0.15) is 0 Å². The monoisotopic (exact) mass is 330 g/mol. The van der Waals surface area contributed by atoms with E-state index in [1.54, 1.807) is 12.4 Å². The van der Waals surface area contributed by atoms with Crippen molar-refractivity contribution in [2.45, 2.75) is 6.42 Å². The summed E-state index contributed by atoms with van der Waals surface area (Å²) in [5.74, 6) is -0.326. The predicted octanol–water partition coefficient (Wildman–Crippen LogP) is 3.08. The molecule has 0 fully saturated rings. The van der Waals surface area contributed by atoms with Crippen molar-refractivity contribution in [2.75, 3.05) is 0 Å². The van der Waals surface area contributed by atoms with Gasteiger partial charge in [-0.05, 0) is 16.7 Å². The molecule has 25 heavy (non-hydrogen) atoms. The van der Waals surface area contributed by atoms with Crippen LogP contribution in [0.2, 0.25) is 0 Å². The average molecular weight is 330 g/mol. The van der Waals surface area contributed by atoms with Gasteiger partial charge in [0.25, 0.3) is 0 Å². The minimum Gasteiger partial charge on any atom is -0.296 e. The first-order valence-electron chi connectivity index (χ1n) is 7.80. The molecule has 0 amide bonds. The molecule has 0 aliphatic rings. The third-order valence-corrected chi connectivity index (χ3v) is 3.87. The summed E-state index contributed by atoms with van der Waals surface area (Å²) in [6.07, 6.45) is 3.76. The molecule has 0 aliphatic carbocycles. The Morgan fingerprint density at radius 1 is 0.880 bits per heavy atom. The molecule has 2 aromatic heterocycles. The van der Waals surface area contributed by atoms with E-state index in [0.29, 0.717) is 12.1 Å². The highest BCUT2D eigenvalue weighted by atomic mass is 16.5. The first-order chi connectivity index (χ1) is 12.3. The van der Waals surface area contributed by atoms with E-state index in [1.165, 1.54) is 5.56 Å². The van der Waals surface area contributed by atoms with Gasteiger partial charge in [-0.25, -0.2) is 9.78 Å². The van der Waals surface area contributed by atoms with Crippen LogP contribution < -0.4 is 5.76 Å². The molecule has 1 N–H and O–H groups in total. The second kappa shape index (κ2) is 6.52. The van der Waals surface area contributed by atoms with E-state index >= 15 is 0 Å². The summed E-state index contributed by atoms with van der Waals surface area (Å²) in [5, 5.41) is 3.70. The van der Waals surface area contributed by atoms with Crippen molar-refractivity contribution in [3.8, 4) is 22.6 Å². The number of aromatic nitrogens is 4. The maximum absolute atomic E-state index is 11.2. The number of hydrogen-bond acceptors (Lipinski definition) is 5. The third-order valence-electron chi connectivity index (χ3n) is 3.87. The molecule has 0 aliphatic heterocycles. The van der Waals surface area contributed by atoms with E-state index in [2.05, 4.69) is 61.0 Å². The maximum atomic E-state index is 11.2. The summed E-state index contributed by atoms with van der Waals surface area (Å²) in [6, 6.07) is 18.5. The van der Waals surface area contributed by atoms with Crippen LogP contribution in [0.1, 0.15) is 11.3 Å². The molecule has 0 saturated carbocycles. The molecule has 0 bridgehead atoms. The van der Waals surface area contributed by atoms with Crippen molar-refractivity contribution >= 4 is 0 Å². The molecule has 0 saturated heterocycles. The summed E-state index contributed by atoms with van der Waals surface area (Å²) in [4.78, 5) is 22.3. The zero-order chi connectivity index (χ0) is 17.1. The van der Waals surface area contributed by atoms with Crippen molar-refractivity contribution in [3.05, 3.63) is 88.8 Å². The van der Waals surface area contributed by atoms with Crippen molar-refractivity contribution in [1.82, 2.24) is 20.1 Å². The van der Waals surface area contributed by atoms with E-state index in [4.69, 9.17) is 0 Å². The lowest BCUT2D eigenvalue weighted by molar-refractivity contribution is 0.387. The lowest BCUT2D eigenvalue weighted by Crippen LogP contribution is -2.01. The van der Waals surface area contributed by atoms with Gasteiger partial charge in [0, 0.05) is 18.8 Å². The average Bonchev–Trinajstić information content (AvgIpc) is 3.10. The SMILES string of the molecule is O=c1[nH]c(-c2nccnc2Cc2ccc(-c3ccccc3)cc2)no1. The Labute approximate surface area is 143 Å². The highest BCUT2D eigenvalue weighted by Crippen LogP contribution is 2.22. The van der Waals surface area contributed by atoms with E-state index in [1.807, 2.05) is 18.2 Å². The lowest BCUT2D eigenvalue weighted by atomic mass is 10.0. The number of nitrogens with one attached hydrogen (secondary N) is 1. The molecular formula is C19H14N4O2. The van der Waals surface area contributed by atoms with Crippen LogP contribution >= 0.6 is 0 Å². The van der Waals surface area contributed by atoms with Crippen LogP contribution in [0, 0.1) is 0 Å². The van der Waals surface area contributed by atoms with Crippen LogP contribution in [-0.2, 0) is 6.42 Å². The zero-order valence-corrected chi connectivity index (χ0v) is 13.2. The lowest BCUT2D eigenvalue weighted by Gasteiger charge is -2.06. The number of benzene rings is 2. The second-order valence-electron chi connectivity index (χ2n) is 5.54. The molecule has 2 aromatic carbocycles. The zero-order valence-electron chi connectivity index (χ0n) is 13.2. The minimum atomic E-state index is -0.612. The van der Waals surface area contributed by atoms with Gasteiger partial charge in [-0.1, -0.05) is 59.8 Å². The van der Waals surface area contributed by atoms with Gasteiger partial charge in [0.05, 0.1) is 5.69 Å². The summed E-state index contributed by atoms with van der Waals surface area (Å²) in [5.41, 5.74) is 4.66. The van der Waals surface area contributed by atoms with Crippen molar-refractivity contribution in [3.63, 3.8) is 0 Å². The van der Waals surface area contributed by atoms with Crippen LogP contribution in [0.3, 0.4) is 0 Å². The first-order valence-corrected chi connectivity index (χ1v) is 7.80. The van der Waals surface area contributed by atoms with Crippen LogP contribution in [-0.4, -0.2) is 20.1 Å². The highest BCUT2D eigenvalue weighted by molar-refractivity contribution is 5.63. The summed E-state index contributed by atoms with van der Waals surface area (Å²) >= 11 is 0. The largest absolute Gasteiger partial charge is 0.439 e. The van der Waals surface area contributed by atoms with E-state index in [9.17, 15) is 4.79 Å². The fraction of sp³-hybridized carbons (Fsp3) is 0.0526. The summed E-state index contributed by atoms with van der Waals surface area (Å²) < 4.78 is 4.56. The van der Waals surface area contributed by atoms with Crippen molar-refractivity contribution < 1.29 is 4.52 Å². The normalized spacial score (nSPS) is 10.7. The molecule has 0 radical (unpaired) electrons. The Kier molecular flexibility index (Phi) is 3.92. The number of H-pyrrole nitrogens is 1. The molecule has 0 atom stereocenters. The van der Waals surface area contributed by atoms with Crippen molar-refractivity contribution in [1.29, 1.82) is 0 Å². The van der Waals surface area contributed by atoms with Gasteiger partial charge in [0.2, 0.25) is 5.82 Å². The Morgan fingerprint density at radius 2 is 1.60 bits per heavy atom. The molecule has 122 valence electrons. The molecule has 6 heteroatoms. The van der Waals surface area contributed by atoms with E-state index in [-0.39, 0.29) is 5.82 Å². The third kappa shape index (κ3) is 3.23. The minimum absolute atomic E-state index is 0.286. The summed E-state index contributed by atoms with van der Waals surface area (Å²) in [6.45, 7) is 0. The summed E-state index contributed by atoms with van der Waals surface area (Å²) in [7, 11) is 0. The number of rotatable bonds is 4.